The average Bonchev–Trinajstić information content (AvgIpc) is 3.52. The number of nitrogens with one attached hydrogen (secondary N) is 1. The molecule has 1 aliphatic rings. The first-order chi connectivity index (χ1) is 15.0. The van der Waals surface area contributed by atoms with Crippen LogP contribution >= 0.6 is 11.3 Å². The fourth-order valence-electron chi connectivity index (χ4n) is 3.55. The zero-order chi connectivity index (χ0) is 21.8. The number of amides is 1. The van der Waals surface area contributed by atoms with E-state index in [1.807, 2.05) is 5.38 Å². The van der Waals surface area contributed by atoms with E-state index in [-0.39, 0.29) is 23.1 Å². The Morgan fingerprint density at radius 1 is 0.903 bits per heavy atom. The minimum atomic E-state index is -3.46. The van der Waals surface area contributed by atoms with Gasteiger partial charge in [-0.2, -0.15) is 4.31 Å². The van der Waals surface area contributed by atoms with E-state index in [1.54, 1.807) is 60.7 Å². The largest absolute Gasteiger partial charge is 0.348 e. The molecule has 2 aromatic carbocycles. The quantitative estimate of drug-likeness (QED) is 0.552. The zero-order valence-corrected chi connectivity index (χ0v) is 18.4. The second kappa shape index (κ2) is 9.13. The van der Waals surface area contributed by atoms with Crippen molar-refractivity contribution in [2.45, 2.75) is 24.3 Å². The molecule has 160 valence electrons. The van der Waals surface area contributed by atoms with Crippen LogP contribution in [-0.2, 0) is 16.6 Å². The van der Waals surface area contributed by atoms with Gasteiger partial charge in [-0.05, 0) is 48.1 Å². The molecule has 0 aliphatic carbocycles. The molecule has 6 nitrogen and oxygen atoms in total. The van der Waals surface area contributed by atoms with Gasteiger partial charge in [-0.3, -0.25) is 9.59 Å². The summed E-state index contributed by atoms with van der Waals surface area (Å²) in [5, 5.41) is 4.64. The number of ketones is 1. The maximum atomic E-state index is 12.8. The molecular formula is C23H22N2O4S2. The molecular weight excluding hydrogens is 432 g/mol. The summed E-state index contributed by atoms with van der Waals surface area (Å²) in [5.41, 5.74) is 1.44. The summed E-state index contributed by atoms with van der Waals surface area (Å²) >= 11 is 1.33. The zero-order valence-electron chi connectivity index (χ0n) is 16.8. The van der Waals surface area contributed by atoms with E-state index in [1.165, 1.54) is 15.6 Å². The van der Waals surface area contributed by atoms with Gasteiger partial charge >= 0.3 is 0 Å². The fraction of sp³-hybridized carbons (Fsp3) is 0.217. The number of carbonyl (C=O) groups excluding carboxylic acids is 2. The Bertz CT molecular complexity index is 1180. The van der Waals surface area contributed by atoms with E-state index in [4.69, 9.17) is 0 Å². The highest BCUT2D eigenvalue weighted by Gasteiger charge is 2.27. The topological polar surface area (TPSA) is 83.6 Å². The molecule has 1 fully saturated rings. The minimum absolute atomic E-state index is 0.183. The Morgan fingerprint density at radius 3 is 2.23 bits per heavy atom. The molecule has 0 saturated carbocycles. The normalized spacial score (nSPS) is 14.5. The van der Waals surface area contributed by atoms with Gasteiger partial charge in [-0.1, -0.05) is 36.4 Å². The summed E-state index contributed by atoms with van der Waals surface area (Å²) in [5.74, 6) is -0.536. The first-order valence-electron chi connectivity index (χ1n) is 10.0. The number of rotatable bonds is 7. The highest BCUT2D eigenvalue weighted by Crippen LogP contribution is 2.21. The highest BCUT2D eigenvalue weighted by molar-refractivity contribution is 7.89. The van der Waals surface area contributed by atoms with Crippen molar-refractivity contribution in [2.75, 3.05) is 13.1 Å². The Kier molecular flexibility index (Phi) is 6.31. The summed E-state index contributed by atoms with van der Waals surface area (Å²) in [4.78, 5) is 26.3. The van der Waals surface area contributed by atoms with Gasteiger partial charge in [0.05, 0.1) is 15.3 Å². The van der Waals surface area contributed by atoms with E-state index < -0.39 is 10.0 Å². The van der Waals surface area contributed by atoms with Crippen molar-refractivity contribution >= 4 is 33.1 Å². The first-order valence-corrected chi connectivity index (χ1v) is 12.3. The Labute approximate surface area is 185 Å². The smallest absolute Gasteiger partial charge is 0.252 e. The lowest BCUT2D eigenvalue weighted by atomic mass is 10.0. The molecule has 8 heteroatoms. The molecule has 4 rings (SSSR count). The van der Waals surface area contributed by atoms with Gasteiger partial charge in [0.15, 0.2) is 0 Å². The van der Waals surface area contributed by atoms with Crippen molar-refractivity contribution in [1.82, 2.24) is 9.62 Å². The van der Waals surface area contributed by atoms with Crippen LogP contribution in [0.25, 0.3) is 0 Å². The average molecular weight is 455 g/mol. The van der Waals surface area contributed by atoms with E-state index in [2.05, 4.69) is 5.32 Å². The second-order valence-electron chi connectivity index (χ2n) is 7.29. The van der Waals surface area contributed by atoms with Crippen molar-refractivity contribution in [2.24, 2.45) is 0 Å². The van der Waals surface area contributed by atoms with Crippen LogP contribution in [0.1, 0.15) is 44.0 Å². The molecule has 1 amide bonds. The van der Waals surface area contributed by atoms with Crippen LogP contribution in [0.5, 0.6) is 0 Å². The third kappa shape index (κ3) is 4.61. The lowest BCUT2D eigenvalue weighted by Gasteiger charge is -2.15. The van der Waals surface area contributed by atoms with Crippen molar-refractivity contribution in [3.8, 4) is 0 Å². The van der Waals surface area contributed by atoms with Crippen molar-refractivity contribution < 1.29 is 18.0 Å². The summed E-state index contributed by atoms with van der Waals surface area (Å²) in [7, 11) is -3.46. The van der Waals surface area contributed by atoms with Crippen molar-refractivity contribution in [3.05, 3.63) is 87.6 Å². The van der Waals surface area contributed by atoms with Crippen LogP contribution in [-0.4, -0.2) is 37.5 Å². The summed E-state index contributed by atoms with van der Waals surface area (Å²) in [6.07, 6.45) is 1.78. The summed E-state index contributed by atoms with van der Waals surface area (Å²) < 4.78 is 26.7. The molecule has 1 aliphatic heterocycles. The van der Waals surface area contributed by atoms with Gasteiger partial charge in [0, 0.05) is 25.2 Å². The lowest BCUT2D eigenvalue weighted by Crippen LogP contribution is -2.28. The van der Waals surface area contributed by atoms with Crippen LogP contribution in [0.3, 0.4) is 0 Å². The molecule has 1 aromatic heterocycles. The minimum Gasteiger partial charge on any atom is -0.348 e. The predicted octanol–water partition coefficient (Wildman–Crippen LogP) is 3.69. The van der Waals surface area contributed by atoms with Crippen LogP contribution in [0, 0.1) is 0 Å². The second-order valence-corrected chi connectivity index (χ2v) is 10.2. The van der Waals surface area contributed by atoms with E-state index in [9.17, 15) is 18.0 Å². The molecule has 0 spiro atoms. The standard InChI is InChI=1S/C23H22N2O4S2/c26-22(21-8-5-15-30-21)19-6-1-2-7-20(19)23(27)24-16-17-9-11-18(12-10-17)31(28,29)25-13-3-4-14-25/h1-2,5-12,15H,3-4,13-14,16H2,(H,24,27). The third-order valence-corrected chi connectivity index (χ3v) is 8.02. The van der Waals surface area contributed by atoms with Crippen molar-refractivity contribution in [1.29, 1.82) is 0 Å². The monoisotopic (exact) mass is 454 g/mol. The molecule has 31 heavy (non-hydrogen) atoms. The molecule has 1 saturated heterocycles. The molecule has 2 heterocycles. The molecule has 0 atom stereocenters. The Hall–Kier alpha value is -2.81. The number of thiophene rings is 1. The van der Waals surface area contributed by atoms with E-state index >= 15 is 0 Å². The van der Waals surface area contributed by atoms with Crippen LogP contribution in [0.15, 0.2) is 70.9 Å². The maximum absolute atomic E-state index is 12.8. The highest BCUT2D eigenvalue weighted by atomic mass is 32.2. The molecule has 0 radical (unpaired) electrons. The summed E-state index contributed by atoms with van der Waals surface area (Å²) in [6.45, 7) is 1.35. The Balaban J connectivity index is 1.44. The SMILES string of the molecule is O=C(NCc1ccc(S(=O)(=O)N2CCCC2)cc1)c1ccccc1C(=O)c1cccs1. The molecule has 0 bridgehead atoms. The molecule has 1 N–H and O–H groups in total. The first kappa shape index (κ1) is 21.4. The maximum Gasteiger partial charge on any atom is 0.252 e. The van der Waals surface area contributed by atoms with Gasteiger partial charge in [-0.15, -0.1) is 11.3 Å². The number of nitrogens with zero attached hydrogens (tertiary/aromatic N) is 1. The Morgan fingerprint density at radius 2 is 1.58 bits per heavy atom. The van der Waals surface area contributed by atoms with Gasteiger partial charge in [0.1, 0.15) is 0 Å². The van der Waals surface area contributed by atoms with E-state index in [0.29, 0.717) is 29.1 Å². The predicted molar refractivity (Wildman–Crippen MR) is 120 cm³/mol. The van der Waals surface area contributed by atoms with Gasteiger partial charge in [0.25, 0.3) is 5.91 Å². The van der Waals surface area contributed by atoms with Gasteiger partial charge in [-0.25, -0.2) is 8.42 Å². The number of hydrogen-bond acceptors (Lipinski definition) is 5. The number of benzene rings is 2. The fourth-order valence-corrected chi connectivity index (χ4v) is 5.75. The van der Waals surface area contributed by atoms with Crippen LogP contribution < -0.4 is 5.32 Å². The molecule has 3 aromatic rings. The third-order valence-electron chi connectivity index (χ3n) is 5.24. The molecule has 0 unspecified atom stereocenters. The van der Waals surface area contributed by atoms with Crippen LogP contribution in [0.2, 0.25) is 0 Å². The number of carbonyl (C=O) groups is 2. The van der Waals surface area contributed by atoms with Gasteiger partial charge in [0.2, 0.25) is 15.8 Å². The van der Waals surface area contributed by atoms with Crippen LogP contribution in [0.4, 0.5) is 0 Å². The van der Waals surface area contributed by atoms with Crippen molar-refractivity contribution in [3.63, 3.8) is 0 Å². The van der Waals surface area contributed by atoms with E-state index in [0.717, 1.165) is 18.4 Å². The summed E-state index contributed by atoms with van der Waals surface area (Å²) in [6, 6.07) is 16.8. The lowest BCUT2D eigenvalue weighted by molar-refractivity contribution is 0.0940. The number of hydrogen-bond donors (Lipinski definition) is 1. The number of sulfonamides is 1. The van der Waals surface area contributed by atoms with Gasteiger partial charge < -0.3 is 5.32 Å².